The van der Waals surface area contributed by atoms with Crippen molar-refractivity contribution in [2.45, 2.75) is 37.7 Å². The fourth-order valence-electron chi connectivity index (χ4n) is 4.03. The van der Waals surface area contributed by atoms with Crippen LogP contribution in [0.15, 0.2) is 72.8 Å². The molecule has 2 N–H and O–H groups in total. The summed E-state index contributed by atoms with van der Waals surface area (Å²) in [6, 6.07) is 22.3. The highest BCUT2D eigenvalue weighted by Crippen LogP contribution is 2.36. The van der Waals surface area contributed by atoms with E-state index in [1.165, 1.54) is 30.2 Å². The van der Waals surface area contributed by atoms with E-state index >= 15 is 0 Å². The van der Waals surface area contributed by atoms with Crippen LogP contribution in [0.25, 0.3) is 0 Å². The van der Waals surface area contributed by atoms with Gasteiger partial charge in [-0.15, -0.1) is 0 Å². The van der Waals surface area contributed by atoms with Crippen molar-refractivity contribution < 1.29 is 14.6 Å². The molecular weight excluding hydrogens is 398 g/mol. The summed E-state index contributed by atoms with van der Waals surface area (Å²) in [4.78, 5) is 12.6. The lowest BCUT2D eigenvalue weighted by molar-refractivity contribution is 0.102. The smallest absolute Gasteiger partial charge is 0.259 e. The van der Waals surface area contributed by atoms with Gasteiger partial charge in [0.15, 0.2) is 0 Å². The van der Waals surface area contributed by atoms with Crippen LogP contribution in [0.3, 0.4) is 0 Å². The quantitative estimate of drug-likeness (QED) is 0.500. The molecule has 0 bridgehead atoms. The van der Waals surface area contributed by atoms with Gasteiger partial charge in [0.2, 0.25) is 0 Å². The highest BCUT2D eigenvalue weighted by atomic mass is 35.5. The molecule has 0 heterocycles. The van der Waals surface area contributed by atoms with Crippen LogP contribution in [-0.4, -0.2) is 17.1 Å². The average molecular weight is 422 g/mol. The van der Waals surface area contributed by atoms with Crippen LogP contribution in [0.2, 0.25) is 5.02 Å². The van der Waals surface area contributed by atoms with Crippen molar-refractivity contribution in [1.29, 1.82) is 0 Å². The number of phenols is 1. The summed E-state index contributed by atoms with van der Waals surface area (Å²) < 4.78 is 6.37. The van der Waals surface area contributed by atoms with Gasteiger partial charge in [0.1, 0.15) is 17.6 Å². The molecule has 2 atom stereocenters. The first-order valence-electron chi connectivity index (χ1n) is 10.2. The number of hydrogen-bond acceptors (Lipinski definition) is 3. The van der Waals surface area contributed by atoms with E-state index in [1.54, 1.807) is 6.07 Å². The first-order chi connectivity index (χ1) is 14.6. The van der Waals surface area contributed by atoms with E-state index in [2.05, 4.69) is 29.6 Å². The van der Waals surface area contributed by atoms with Crippen molar-refractivity contribution in [2.75, 3.05) is 5.32 Å². The molecule has 0 saturated heterocycles. The molecule has 1 aliphatic rings. The molecule has 154 valence electrons. The van der Waals surface area contributed by atoms with Crippen molar-refractivity contribution in [3.8, 4) is 11.5 Å². The molecule has 0 spiro atoms. The number of benzene rings is 3. The lowest BCUT2D eigenvalue weighted by atomic mass is 9.81. The zero-order valence-electron chi connectivity index (χ0n) is 16.6. The molecular formula is C25H24ClNO3. The van der Waals surface area contributed by atoms with Crippen LogP contribution in [0, 0.1) is 0 Å². The Morgan fingerprint density at radius 3 is 2.60 bits per heavy atom. The number of anilines is 1. The number of aromatic hydroxyl groups is 1. The molecule has 1 fully saturated rings. The second-order valence-corrected chi connectivity index (χ2v) is 8.04. The Kier molecular flexibility index (Phi) is 6.24. The van der Waals surface area contributed by atoms with Gasteiger partial charge in [-0.1, -0.05) is 54.4 Å². The summed E-state index contributed by atoms with van der Waals surface area (Å²) in [6.07, 6.45) is 4.58. The van der Waals surface area contributed by atoms with Gasteiger partial charge >= 0.3 is 0 Å². The van der Waals surface area contributed by atoms with E-state index in [4.69, 9.17) is 16.3 Å². The SMILES string of the molecule is O=C(Nc1cccc(O[C@H]2CCCC[C@H]2c2ccccc2)c1)c1cc(Cl)ccc1O. The fraction of sp³-hybridized carbons (Fsp3) is 0.240. The topological polar surface area (TPSA) is 58.6 Å². The van der Waals surface area contributed by atoms with Crippen LogP contribution < -0.4 is 10.1 Å². The lowest BCUT2D eigenvalue weighted by Crippen LogP contribution is -2.28. The number of amides is 1. The van der Waals surface area contributed by atoms with Crippen molar-refractivity contribution in [3.05, 3.63) is 88.9 Å². The number of halogens is 1. The number of carbonyl (C=O) groups excluding carboxylic acids is 1. The van der Waals surface area contributed by atoms with Crippen LogP contribution in [0.4, 0.5) is 5.69 Å². The minimum absolute atomic E-state index is 0.101. The van der Waals surface area contributed by atoms with Crippen molar-refractivity contribution >= 4 is 23.2 Å². The number of hydrogen-bond donors (Lipinski definition) is 2. The Labute approximate surface area is 181 Å². The molecule has 4 nitrogen and oxygen atoms in total. The third kappa shape index (κ3) is 4.77. The van der Waals surface area contributed by atoms with E-state index in [1.807, 2.05) is 24.3 Å². The molecule has 0 unspecified atom stereocenters. The predicted octanol–water partition coefficient (Wildman–Crippen LogP) is 6.40. The van der Waals surface area contributed by atoms with Gasteiger partial charge in [-0.25, -0.2) is 0 Å². The number of rotatable bonds is 5. The maximum Gasteiger partial charge on any atom is 0.259 e. The summed E-state index contributed by atoms with van der Waals surface area (Å²) >= 11 is 5.95. The standard InChI is InChI=1S/C25H24ClNO3/c26-18-13-14-23(28)22(15-18)25(29)27-19-9-6-10-20(16-19)30-24-12-5-4-11-21(24)17-7-2-1-3-8-17/h1-3,6-10,13-16,21,24,28H,4-5,11-12H2,(H,27,29)/t21-,24-/m0/s1. The van der Waals surface area contributed by atoms with Crippen LogP contribution in [0.1, 0.15) is 47.5 Å². The second kappa shape index (κ2) is 9.23. The van der Waals surface area contributed by atoms with Gasteiger partial charge in [0.05, 0.1) is 5.56 Å². The maximum atomic E-state index is 12.6. The minimum Gasteiger partial charge on any atom is -0.507 e. The Hall–Kier alpha value is -2.98. The van der Waals surface area contributed by atoms with Crippen molar-refractivity contribution in [3.63, 3.8) is 0 Å². The van der Waals surface area contributed by atoms with Gasteiger partial charge in [-0.2, -0.15) is 0 Å². The molecule has 3 aromatic rings. The fourth-order valence-corrected chi connectivity index (χ4v) is 4.20. The van der Waals surface area contributed by atoms with E-state index in [9.17, 15) is 9.90 Å². The first-order valence-corrected chi connectivity index (χ1v) is 10.6. The number of phenolic OH excluding ortho intramolecular Hbond substituents is 1. The maximum absolute atomic E-state index is 12.6. The summed E-state index contributed by atoms with van der Waals surface area (Å²) in [7, 11) is 0. The molecule has 4 rings (SSSR count). The molecule has 0 radical (unpaired) electrons. The molecule has 1 aliphatic carbocycles. The monoisotopic (exact) mass is 421 g/mol. The van der Waals surface area contributed by atoms with Crippen molar-refractivity contribution in [2.24, 2.45) is 0 Å². The van der Waals surface area contributed by atoms with E-state index in [0.29, 0.717) is 16.6 Å². The molecule has 0 aliphatic heterocycles. The normalized spacial score (nSPS) is 18.6. The number of carbonyl (C=O) groups is 1. The highest BCUT2D eigenvalue weighted by Gasteiger charge is 2.28. The van der Waals surface area contributed by atoms with Gasteiger partial charge in [-0.05, 0) is 55.2 Å². The van der Waals surface area contributed by atoms with E-state index in [-0.39, 0.29) is 17.4 Å². The van der Waals surface area contributed by atoms with Gasteiger partial charge in [0, 0.05) is 22.7 Å². The predicted molar refractivity (Wildman–Crippen MR) is 120 cm³/mol. The number of ether oxygens (including phenoxy) is 1. The van der Waals surface area contributed by atoms with Gasteiger partial charge < -0.3 is 15.2 Å². The molecule has 30 heavy (non-hydrogen) atoms. The zero-order chi connectivity index (χ0) is 20.9. The largest absolute Gasteiger partial charge is 0.507 e. The third-order valence-corrected chi connectivity index (χ3v) is 5.75. The Bertz CT molecular complexity index is 1020. The molecule has 0 aromatic heterocycles. The summed E-state index contributed by atoms with van der Waals surface area (Å²) in [5, 5.41) is 13.1. The van der Waals surface area contributed by atoms with Crippen LogP contribution in [0.5, 0.6) is 11.5 Å². The third-order valence-electron chi connectivity index (χ3n) is 5.51. The summed E-state index contributed by atoms with van der Waals surface area (Å²) in [5.41, 5.74) is 2.04. The number of nitrogens with one attached hydrogen (secondary N) is 1. The Morgan fingerprint density at radius 1 is 0.967 bits per heavy atom. The van der Waals surface area contributed by atoms with Gasteiger partial charge in [0.25, 0.3) is 5.91 Å². The first kappa shape index (κ1) is 20.3. The lowest BCUT2D eigenvalue weighted by Gasteiger charge is -2.32. The van der Waals surface area contributed by atoms with Gasteiger partial charge in [-0.3, -0.25) is 4.79 Å². The molecule has 3 aromatic carbocycles. The summed E-state index contributed by atoms with van der Waals surface area (Å²) in [6.45, 7) is 0. The molecule has 1 amide bonds. The second-order valence-electron chi connectivity index (χ2n) is 7.60. The minimum atomic E-state index is -0.424. The van der Waals surface area contributed by atoms with Crippen molar-refractivity contribution in [1.82, 2.24) is 0 Å². The Balaban J connectivity index is 1.49. The average Bonchev–Trinajstić information content (AvgIpc) is 2.76. The zero-order valence-corrected chi connectivity index (χ0v) is 17.3. The van der Waals surface area contributed by atoms with Crippen LogP contribution >= 0.6 is 11.6 Å². The molecule has 5 heteroatoms. The summed E-state index contributed by atoms with van der Waals surface area (Å²) in [5.74, 6) is 0.543. The molecule has 1 saturated carbocycles. The van der Waals surface area contributed by atoms with E-state index in [0.717, 1.165) is 25.0 Å². The Morgan fingerprint density at radius 2 is 1.77 bits per heavy atom. The van der Waals surface area contributed by atoms with E-state index < -0.39 is 5.91 Å². The van der Waals surface area contributed by atoms with Crippen LogP contribution in [-0.2, 0) is 0 Å². The highest BCUT2D eigenvalue weighted by molar-refractivity contribution is 6.31.